The van der Waals surface area contributed by atoms with Crippen molar-refractivity contribution in [1.82, 2.24) is 4.98 Å². The first-order valence-electron chi connectivity index (χ1n) is 3.14. The fraction of sp³-hybridized carbons (Fsp3) is 0.143. The van der Waals surface area contributed by atoms with Gasteiger partial charge in [-0.05, 0) is 28.7 Å². The second-order valence-corrected chi connectivity index (χ2v) is 3.32. The first-order valence-corrected chi connectivity index (χ1v) is 4.22. The summed E-state index contributed by atoms with van der Waals surface area (Å²) in [6.45, 7) is 0. The van der Waals surface area contributed by atoms with Crippen LogP contribution in [0, 0.1) is 3.57 Å². The Bertz CT molecular complexity index is 314. The normalized spacial score (nSPS) is 9.50. The molecule has 1 aromatic heterocycles. The Morgan fingerprint density at radius 3 is 3.00 bits per heavy atom. The number of nitrogen functional groups attached to an aromatic ring is 1. The highest BCUT2D eigenvalue weighted by Gasteiger charge is 2.10. The maximum Gasteiger partial charge on any atom is 0.341 e. The van der Waals surface area contributed by atoms with Gasteiger partial charge in [-0.2, -0.15) is 0 Å². The van der Waals surface area contributed by atoms with Gasteiger partial charge in [0.2, 0.25) is 0 Å². The summed E-state index contributed by atoms with van der Waals surface area (Å²) in [6.07, 6.45) is 1.59. The van der Waals surface area contributed by atoms with Gasteiger partial charge >= 0.3 is 5.97 Å². The van der Waals surface area contributed by atoms with Crippen LogP contribution in [0.1, 0.15) is 10.4 Å². The highest BCUT2D eigenvalue weighted by molar-refractivity contribution is 14.1. The highest BCUT2D eigenvalue weighted by Crippen LogP contribution is 2.13. The van der Waals surface area contributed by atoms with Crippen LogP contribution in [0.3, 0.4) is 0 Å². The van der Waals surface area contributed by atoms with E-state index in [1.165, 1.54) is 7.11 Å². The molecule has 0 saturated heterocycles. The molecule has 2 N–H and O–H groups in total. The first-order chi connectivity index (χ1) is 5.65. The summed E-state index contributed by atoms with van der Waals surface area (Å²) in [5, 5.41) is 0. The molecule has 5 heteroatoms. The SMILES string of the molecule is COC(=O)c1cc(I)cnc1N. The summed E-state index contributed by atoms with van der Waals surface area (Å²) in [5.41, 5.74) is 5.76. The zero-order valence-corrected chi connectivity index (χ0v) is 8.53. The molecule has 0 bridgehead atoms. The maximum absolute atomic E-state index is 11.0. The Labute approximate surface area is 83.3 Å². The van der Waals surface area contributed by atoms with Crippen LogP contribution in [0.15, 0.2) is 12.3 Å². The molecule has 1 rings (SSSR count). The van der Waals surface area contributed by atoms with E-state index < -0.39 is 5.97 Å². The third-order valence-electron chi connectivity index (χ3n) is 1.29. The molecule has 0 unspecified atom stereocenters. The van der Waals surface area contributed by atoms with Crippen LogP contribution >= 0.6 is 22.6 Å². The predicted molar refractivity (Wildman–Crippen MR) is 52.7 cm³/mol. The zero-order valence-electron chi connectivity index (χ0n) is 6.37. The van der Waals surface area contributed by atoms with Crippen LogP contribution in [0.4, 0.5) is 5.82 Å². The molecular weight excluding hydrogens is 271 g/mol. The Hall–Kier alpha value is -0.850. The number of carbonyl (C=O) groups is 1. The standard InChI is InChI=1S/C7H7IN2O2/c1-12-7(11)5-2-4(8)3-10-6(5)9/h2-3H,1H3,(H2,9,10). The topological polar surface area (TPSA) is 65.2 Å². The zero-order chi connectivity index (χ0) is 9.14. The van der Waals surface area contributed by atoms with Crippen LogP contribution in [0.5, 0.6) is 0 Å². The number of rotatable bonds is 1. The van der Waals surface area contributed by atoms with Crippen molar-refractivity contribution in [2.45, 2.75) is 0 Å². The fourth-order valence-electron chi connectivity index (χ4n) is 0.723. The highest BCUT2D eigenvalue weighted by atomic mass is 127. The molecular formula is C7H7IN2O2. The second-order valence-electron chi connectivity index (χ2n) is 2.08. The van der Waals surface area contributed by atoms with Gasteiger partial charge in [-0.3, -0.25) is 0 Å². The number of aromatic nitrogens is 1. The Balaban J connectivity index is 3.13. The number of nitrogens with two attached hydrogens (primary N) is 1. The largest absolute Gasteiger partial charge is 0.465 e. The van der Waals surface area contributed by atoms with Crippen molar-refractivity contribution < 1.29 is 9.53 Å². The molecule has 0 aromatic carbocycles. The van der Waals surface area contributed by atoms with Crippen molar-refractivity contribution in [2.24, 2.45) is 0 Å². The molecule has 0 aliphatic heterocycles. The molecule has 1 heterocycles. The third-order valence-corrected chi connectivity index (χ3v) is 1.88. The number of carbonyl (C=O) groups excluding carboxylic acids is 1. The van der Waals surface area contributed by atoms with Gasteiger partial charge in [-0.15, -0.1) is 0 Å². The molecule has 0 aliphatic rings. The predicted octanol–water partition coefficient (Wildman–Crippen LogP) is 1.05. The monoisotopic (exact) mass is 278 g/mol. The van der Waals surface area contributed by atoms with Gasteiger partial charge in [0.1, 0.15) is 11.4 Å². The average Bonchev–Trinajstić information content (AvgIpc) is 2.08. The van der Waals surface area contributed by atoms with Gasteiger partial charge in [0.25, 0.3) is 0 Å². The van der Waals surface area contributed by atoms with Crippen LogP contribution < -0.4 is 5.73 Å². The number of hydrogen-bond donors (Lipinski definition) is 1. The molecule has 1 aromatic rings. The minimum Gasteiger partial charge on any atom is -0.465 e. The van der Waals surface area contributed by atoms with Gasteiger partial charge in [-0.25, -0.2) is 9.78 Å². The number of nitrogens with zero attached hydrogens (tertiary/aromatic N) is 1. The minimum absolute atomic E-state index is 0.197. The summed E-state index contributed by atoms with van der Waals surface area (Å²) < 4.78 is 5.36. The number of anilines is 1. The van der Waals surface area contributed by atoms with Crippen LogP contribution in [-0.4, -0.2) is 18.1 Å². The Morgan fingerprint density at radius 2 is 2.42 bits per heavy atom. The molecule has 0 saturated carbocycles. The van der Waals surface area contributed by atoms with E-state index in [9.17, 15) is 4.79 Å². The van der Waals surface area contributed by atoms with Crippen LogP contribution in [0.2, 0.25) is 0 Å². The summed E-state index contributed by atoms with van der Waals surface area (Å²) in [4.78, 5) is 14.9. The van der Waals surface area contributed by atoms with Crippen LogP contribution in [-0.2, 0) is 4.74 Å². The maximum atomic E-state index is 11.0. The fourth-order valence-corrected chi connectivity index (χ4v) is 1.17. The summed E-state index contributed by atoms with van der Waals surface area (Å²) >= 11 is 2.05. The van der Waals surface area contributed by atoms with E-state index in [-0.39, 0.29) is 5.82 Å². The number of halogens is 1. The molecule has 0 amide bonds. The number of methoxy groups -OCH3 is 1. The molecule has 0 radical (unpaired) electrons. The second kappa shape index (κ2) is 3.70. The van der Waals surface area contributed by atoms with Gasteiger partial charge in [0, 0.05) is 9.77 Å². The van der Waals surface area contributed by atoms with Gasteiger partial charge in [0.15, 0.2) is 0 Å². The van der Waals surface area contributed by atoms with Crippen LogP contribution in [0.25, 0.3) is 0 Å². The Kier molecular flexibility index (Phi) is 2.85. The van der Waals surface area contributed by atoms with E-state index >= 15 is 0 Å². The van der Waals surface area contributed by atoms with Crippen molar-refractivity contribution in [2.75, 3.05) is 12.8 Å². The molecule has 64 valence electrons. The number of esters is 1. The van der Waals surface area contributed by atoms with Crippen molar-refractivity contribution in [3.05, 3.63) is 21.4 Å². The average molecular weight is 278 g/mol. The van der Waals surface area contributed by atoms with Crippen molar-refractivity contribution in [1.29, 1.82) is 0 Å². The molecule has 0 aliphatic carbocycles. The molecule has 0 spiro atoms. The minimum atomic E-state index is -0.460. The van der Waals surface area contributed by atoms with Crippen molar-refractivity contribution in [3.8, 4) is 0 Å². The lowest BCUT2D eigenvalue weighted by Crippen LogP contribution is -2.07. The number of pyridine rings is 1. The lowest BCUT2D eigenvalue weighted by atomic mass is 10.2. The molecule has 12 heavy (non-hydrogen) atoms. The quantitative estimate of drug-likeness (QED) is 0.616. The third kappa shape index (κ3) is 1.84. The molecule has 4 nitrogen and oxygen atoms in total. The van der Waals surface area contributed by atoms with E-state index in [4.69, 9.17) is 5.73 Å². The molecule has 0 fully saturated rings. The first kappa shape index (κ1) is 9.24. The van der Waals surface area contributed by atoms with E-state index in [0.717, 1.165) is 3.57 Å². The lowest BCUT2D eigenvalue weighted by Gasteiger charge is -2.01. The van der Waals surface area contributed by atoms with Gasteiger partial charge in [-0.1, -0.05) is 0 Å². The van der Waals surface area contributed by atoms with E-state index in [1.807, 2.05) is 22.6 Å². The lowest BCUT2D eigenvalue weighted by molar-refractivity contribution is 0.0601. The van der Waals surface area contributed by atoms with E-state index in [0.29, 0.717) is 5.56 Å². The smallest absolute Gasteiger partial charge is 0.341 e. The summed E-state index contributed by atoms with van der Waals surface area (Å²) in [7, 11) is 1.31. The van der Waals surface area contributed by atoms with Gasteiger partial charge in [0.05, 0.1) is 7.11 Å². The van der Waals surface area contributed by atoms with Gasteiger partial charge < -0.3 is 10.5 Å². The number of ether oxygens (including phenoxy) is 1. The number of hydrogen-bond acceptors (Lipinski definition) is 4. The van der Waals surface area contributed by atoms with Crippen molar-refractivity contribution in [3.63, 3.8) is 0 Å². The van der Waals surface area contributed by atoms with E-state index in [2.05, 4.69) is 9.72 Å². The molecule has 0 atom stereocenters. The summed E-state index contributed by atoms with van der Waals surface area (Å²) in [5.74, 6) is -0.263. The summed E-state index contributed by atoms with van der Waals surface area (Å²) in [6, 6.07) is 1.63. The van der Waals surface area contributed by atoms with E-state index in [1.54, 1.807) is 12.3 Å². The van der Waals surface area contributed by atoms with Crippen molar-refractivity contribution >= 4 is 34.4 Å². The Morgan fingerprint density at radius 1 is 1.75 bits per heavy atom.